The van der Waals surface area contributed by atoms with Crippen LogP contribution in [0.15, 0.2) is 72.7 Å². The van der Waals surface area contributed by atoms with E-state index >= 15 is 4.39 Å². The van der Waals surface area contributed by atoms with Gasteiger partial charge in [0.15, 0.2) is 0 Å². The van der Waals surface area contributed by atoms with Crippen LogP contribution in [0.2, 0.25) is 5.02 Å². The minimum atomic E-state index is -3.99. The second-order valence-electron chi connectivity index (χ2n) is 8.17. The molecule has 13 heteroatoms. The van der Waals surface area contributed by atoms with Gasteiger partial charge in [-0.2, -0.15) is 18.6 Å². The highest BCUT2D eigenvalue weighted by Crippen LogP contribution is 2.42. The largest absolute Gasteiger partial charge is 0.368 e. The third-order valence-corrected chi connectivity index (χ3v) is 7.33. The van der Waals surface area contributed by atoms with Crippen molar-refractivity contribution in [3.05, 3.63) is 84.2 Å². The summed E-state index contributed by atoms with van der Waals surface area (Å²) in [5.41, 5.74) is -0.275. The molecular weight excluding hydrogens is 499 g/mol. The van der Waals surface area contributed by atoms with Crippen molar-refractivity contribution in [2.75, 3.05) is 13.2 Å². The van der Waals surface area contributed by atoms with E-state index < -0.39 is 21.5 Å². The molecule has 0 bridgehead atoms. The van der Waals surface area contributed by atoms with Crippen LogP contribution in [-0.2, 0) is 31.2 Å². The molecule has 2 aromatic heterocycles. The van der Waals surface area contributed by atoms with Gasteiger partial charge in [-0.05, 0) is 42.8 Å². The average Bonchev–Trinajstić information content (AvgIpc) is 3.61. The van der Waals surface area contributed by atoms with Crippen molar-refractivity contribution in [1.29, 1.82) is 0 Å². The number of benzene rings is 2. The van der Waals surface area contributed by atoms with E-state index in [2.05, 4.69) is 20.2 Å². The van der Waals surface area contributed by atoms with Crippen molar-refractivity contribution in [3.8, 4) is 5.69 Å². The first kappa shape index (κ1) is 23.5. The maximum atomic E-state index is 15.4. The fraction of sp³-hybridized carbons (Fsp3) is 0.273. The zero-order valence-electron chi connectivity index (χ0n) is 18.2. The summed E-state index contributed by atoms with van der Waals surface area (Å²) in [6.45, 7) is 0.241. The molecule has 0 unspecified atom stereocenters. The zero-order valence-corrected chi connectivity index (χ0v) is 19.8. The number of halogens is 2. The summed E-state index contributed by atoms with van der Waals surface area (Å²) in [6.07, 6.45) is 6.04. The molecule has 10 nitrogen and oxygen atoms in total. The van der Waals surface area contributed by atoms with E-state index in [1.807, 2.05) is 0 Å². The molecule has 4 aromatic rings. The Morgan fingerprint density at radius 1 is 1.11 bits per heavy atom. The molecule has 0 radical (unpaired) electrons. The standard InChI is InChI=1S/C22H20ClFN6O4S/c23-17-1-4-19(5-2-17)35(31,32)34-10-16-8-22(33-9-16,11-29-14-25-12-27-29)20-6-3-18(7-21(20)24)30-15-26-13-28-30/h1-7,12-16H,8-11H2/t16-,22-/m0/s1. The third-order valence-electron chi connectivity index (χ3n) is 5.79. The number of hydrogen-bond donors (Lipinski definition) is 0. The molecule has 2 aromatic carbocycles. The Hall–Kier alpha value is -3.19. The van der Waals surface area contributed by atoms with E-state index in [9.17, 15) is 8.42 Å². The minimum Gasteiger partial charge on any atom is -0.368 e. The van der Waals surface area contributed by atoms with Gasteiger partial charge in [0.05, 0.1) is 30.3 Å². The summed E-state index contributed by atoms with van der Waals surface area (Å²) in [6, 6.07) is 10.4. The third kappa shape index (κ3) is 4.96. The smallest absolute Gasteiger partial charge is 0.296 e. The summed E-state index contributed by atoms with van der Waals surface area (Å²) in [5, 5.41) is 8.58. The second kappa shape index (κ2) is 9.46. The Morgan fingerprint density at radius 3 is 2.57 bits per heavy atom. The Morgan fingerprint density at radius 2 is 1.89 bits per heavy atom. The molecule has 2 atom stereocenters. The molecule has 0 spiro atoms. The van der Waals surface area contributed by atoms with E-state index in [0.717, 1.165) is 0 Å². The average molecular weight is 519 g/mol. The highest BCUT2D eigenvalue weighted by atomic mass is 35.5. The number of nitrogens with zero attached hydrogens (tertiary/aromatic N) is 6. The van der Waals surface area contributed by atoms with Gasteiger partial charge in [-0.3, -0.25) is 4.18 Å². The Kier molecular flexibility index (Phi) is 6.36. The van der Waals surface area contributed by atoms with Crippen LogP contribution in [0.25, 0.3) is 5.69 Å². The molecule has 35 heavy (non-hydrogen) atoms. The second-order valence-corrected chi connectivity index (χ2v) is 10.2. The van der Waals surface area contributed by atoms with Gasteiger partial charge < -0.3 is 4.74 Å². The molecule has 1 fully saturated rings. The summed E-state index contributed by atoms with van der Waals surface area (Å²) in [7, 11) is -3.99. The highest BCUT2D eigenvalue weighted by Gasteiger charge is 2.45. The van der Waals surface area contributed by atoms with Gasteiger partial charge >= 0.3 is 0 Å². The molecule has 0 amide bonds. The van der Waals surface area contributed by atoms with Gasteiger partial charge in [0.2, 0.25) is 0 Å². The van der Waals surface area contributed by atoms with Crippen molar-refractivity contribution in [1.82, 2.24) is 29.5 Å². The van der Waals surface area contributed by atoms with Gasteiger partial charge in [-0.25, -0.2) is 23.7 Å². The monoisotopic (exact) mass is 518 g/mol. The summed E-state index contributed by atoms with van der Waals surface area (Å²) in [5.74, 6) is -0.802. The molecule has 5 rings (SSSR count). The van der Waals surface area contributed by atoms with Crippen molar-refractivity contribution in [3.63, 3.8) is 0 Å². The van der Waals surface area contributed by atoms with Crippen molar-refractivity contribution >= 4 is 21.7 Å². The highest BCUT2D eigenvalue weighted by molar-refractivity contribution is 7.86. The SMILES string of the molecule is O=S(=O)(OC[C@@H]1CO[C@@](Cn2cncn2)(c2ccc(-n3cncn3)cc2F)C1)c1ccc(Cl)cc1. The first-order valence-electron chi connectivity index (χ1n) is 10.6. The van der Waals surface area contributed by atoms with Crippen LogP contribution in [0, 0.1) is 11.7 Å². The minimum absolute atomic E-state index is 0.00411. The lowest BCUT2D eigenvalue weighted by atomic mass is 9.86. The number of ether oxygens (including phenoxy) is 1. The van der Waals surface area contributed by atoms with Gasteiger partial charge in [-0.15, -0.1) is 0 Å². The maximum absolute atomic E-state index is 15.4. The van der Waals surface area contributed by atoms with Crippen LogP contribution in [0.5, 0.6) is 0 Å². The van der Waals surface area contributed by atoms with Crippen LogP contribution in [-0.4, -0.2) is 51.2 Å². The maximum Gasteiger partial charge on any atom is 0.296 e. The molecular formula is C22H20ClFN6O4S. The molecule has 1 saturated heterocycles. The number of hydrogen-bond acceptors (Lipinski definition) is 8. The van der Waals surface area contributed by atoms with Crippen LogP contribution < -0.4 is 0 Å². The van der Waals surface area contributed by atoms with E-state index in [4.69, 9.17) is 20.5 Å². The normalized spacial score (nSPS) is 20.3. The fourth-order valence-electron chi connectivity index (χ4n) is 4.14. The van der Waals surface area contributed by atoms with E-state index in [1.165, 1.54) is 60.3 Å². The number of aromatic nitrogens is 6. The van der Waals surface area contributed by atoms with Crippen LogP contribution in [0.3, 0.4) is 0 Å². The van der Waals surface area contributed by atoms with Crippen molar-refractivity contribution in [2.45, 2.75) is 23.5 Å². The molecule has 0 saturated carbocycles. The van der Waals surface area contributed by atoms with E-state index in [1.54, 1.807) is 16.8 Å². The molecule has 3 heterocycles. The Balaban J connectivity index is 1.38. The van der Waals surface area contributed by atoms with E-state index in [-0.39, 0.29) is 30.6 Å². The molecule has 0 aliphatic carbocycles. The predicted molar refractivity (Wildman–Crippen MR) is 122 cm³/mol. The van der Waals surface area contributed by atoms with Crippen LogP contribution >= 0.6 is 11.6 Å². The lowest BCUT2D eigenvalue weighted by molar-refractivity contribution is -0.0205. The van der Waals surface area contributed by atoms with Gasteiger partial charge in [-0.1, -0.05) is 17.7 Å². The van der Waals surface area contributed by atoms with Crippen molar-refractivity contribution < 1.29 is 21.7 Å². The van der Waals surface area contributed by atoms with Crippen LogP contribution in [0.1, 0.15) is 12.0 Å². The van der Waals surface area contributed by atoms with Crippen LogP contribution in [0.4, 0.5) is 4.39 Å². The quantitative estimate of drug-likeness (QED) is 0.327. The lowest BCUT2D eigenvalue weighted by Crippen LogP contribution is -2.33. The summed E-state index contributed by atoms with van der Waals surface area (Å²) in [4.78, 5) is 7.85. The van der Waals surface area contributed by atoms with E-state index in [0.29, 0.717) is 22.7 Å². The predicted octanol–water partition coefficient (Wildman–Crippen LogP) is 2.99. The molecule has 1 aliphatic heterocycles. The van der Waals surface area contributed by atoms with Gasteiger partial charge in [0.25, 0.3) is 10.1 Å². The zero-order chi connectivity index (χ0) is 24.5. The van der Waals surface area contributed by atoms with Gasteiger partial charge in [0.1, 0.15) is 36.7 Å². The molecule has 182 valence electrons. The lowest BCUT2D eigenvalue weighted by Gasteiger charge is -2.29. The van der Waals surface area contributed by atoms with Crippen molar-refractivity contribution in [2.24, 2.45) is 5.92 Å². The Labute approximate surface area is 205 Å². The fourth-order valence-corrected chi connectivity index (χ4v) is 5.24. The summed E-state index contributed by atoms with van der Waals surface area (Å²) >= 11 is 5.84. The molecule has 1 aliphatic rings. The first-order chi connectivity index (χ1) is 16.8. The van der Waals surface area contributed by atoms with Gasteiger partial charge in [0, 0.05) is 16.5 Å². The Bertz CT molecular complexity index is 1400. The first-order valence-corrected chi connectivity index (χ1v) is 12.4. The molecule has 0 N–H and O–H groups in total. The summed E-state index contributed by atoms with van der Waals surface area (Å²) < 4.78 is 55.0. The number of rotatable bonds is 8. The topological polar surface area (TPSA) is 114 Å².